The largest absolute Gasteiger partial charge is 0.421 e. The van der Waals surface area contributed by atoms with Crippen molar-refractivity contribution in [3.63, 3.8) is 0 Å². The van der Waals surface area contributed by atoms with E-state index in [1.807, 2.05) is 4.72 Å². The molecule has 0 bridgehead atoms. The Kier molecular flexibility index (Phi) is 5.87. The summed E-state index contributed by atoms with van der Waals surface area (Å²) in [5.74, 6) is 0. The fourth-order valence-corrected chi connectivity index (χ4v) is 4.41. The van der Waals surface area contributed by atoms with Gasteiger partial charge in [-0.25, -0.2) is 13.2 Å². The highest BCUT2D eigenvalue weighted by molar-refractivity contribution is 7.92. The van der Waals surface area contributed by atoms with Gasteiger partial charge < -0.3 is 4.42 Å². The normalized spacial score (nSPS) is 12.6. The van der Waals surface area contributed by atoms with Crippen LogP contribution < -0.4 is 10.3 Å². The molecule has 12 heteroatoms. The number of rotatable bonds is 4. The Labute approximate surface area is 193 Å². The number of halogens is 6. The second kappa shape index (κ2) is 8.45. The van der Waals surface area contributed by atoms with Gasteiger partial charge >= 0.3 is 18.0 Å². The van der Waals surface area contributed by atoms with Crippen LogP contribution in [0.3, 0.4) is 0 Å². The van der Waals surface area contributed by atoms with Crippen molar-refractivity contribution in [1.29, 1.82) is 0 Å². The van der Waals surface area contributed by atoms with E-state index in [4.69, 9.17) is 4.42 Å². The van der Waals surface area contributed by atoms with Crippen molar-refractivity contribution in [2.45, 2.75) is 17.2 Å². The van der Waals surface area contributed by atoms with Crippen molar-refractivity contribution in [1.82, 2.24) is 0 Å². The zero-order valence-electron chi connectivity index (χ0n) is 17.2. The molecule has 0 atom stereocenters. The molecule has 4 rings (SSSR count). The highest BCUT2D eigenvalue weighted by Gasteiger charge is 2.32. The van der Waals surface area contributed by atoms with Gasteiger partial charge in [-0.15, -0.1) is 0 Å². The molecule has 5 nitrogen and oxygen atoms in total. The summed E-state index contributed by atoms with van der Waals surface area (Å²) in [7, 11) is -4.58. The van der Waals surface area contributed by atoms with Crippen LogP contribution in [0.1, 0.15) is 11.1 Å². The maximum absolute atomic E-state index is 12.9. The Bertz CT molecular complexity index is 1570. The molecule has 1 aromatic heterocycles. The highest BCUT2D eigenvalue weighted by Crippen LogP contribution is 2.34. The number of sulfonamides is 1. The van der Waals surface area contributed by atoms with Crippen LogP contribution in [0.2, 0.25) is 0 Å². The first-order valence-electron chi connectivity index (χ1n) is 9.70. The molecule has 0 unspecified atom stereocenters. The highest BCUT2D eigenvalue weighted by atomic mass is 32.2. The summed E-state index contributed by atoms with van der Waals surface area (Å²) in [4.78, 5) is 11.8. The predicted octanol–water partition coefficient (Wildman–Crippen LogP) is 6.30. The molecule has 0 amide bonds. The van der Waals surface area contributed by atoms with Crippen LogP contribution >= 0.6 is 0 Å². The van der Waals surface area contributed by atoms with E-state index >= 15 is 0 Å². The second-order valence-corrected chi connectivity index (χ2v) is 9.06. The molecule has 0 aliphatic carbocycles. The van der Waals surface area contributed by atoms with E-state index in [9.17, 15) is 39.6 Å². The molecule has 4 aromatic rings. The van der Waals surface area contributed by atoms with Crippen LogP contribution in [-0.4, -0.2) is 8.42 Å². The lowest BCUT2D eigenvalue weighted by Crippen LogP contribution is -2.19. The predicted molar refractivity (Wildman–Crippen MR) is 115 cm³/mol. The van der Waals surface area contributed by atoms with Crippen LogP contribution in [0.4, 0.5) is 32.0 Å². The first-order valence-corrected chi connectivity index (χ1v) is 11.2. The molecule has 0 saturated carbocycles. The average molecular weight is 513 g/mol. The first kappa shape index (κ1) is 24.3. The van der Waals surface area contributed by atoms with Crippen molar-refractivity contribution in [3.05, 3.63) is 94.3 Å². The lowest BCUT2D eigenvalue weighted by atomic mass is 10.0. The summed E-state index contributed by atoms with van der Waals surface area (Å²) in [5, 5.41) is 0.226. The van der Waals surface area contributed by atoms with Crippen molar-refractivity contribution < 1.29 is 39.2 Å². The number of benzene rings is 3. The molecule has 0 fully saturated rings. The van der Waals surface area contributed by atoms with Crippen molar-refractivity contribution in [3.8, 4) is 11.1 Å². The summed E-state index contributed by atoms with van der Waals surface area (Å²) in [6.07, 6.45) is -9.31. The van der Waals surface area contributed by atoms with Gasteiger partial charge in [0.2, 0.25) is 0 Å². The van der Waals surface area contributed by atoms with E-state index in [0.717, 1.165) is 30.3 Å². The molecule has 0 spiro atoms. The van der Waals surface area contributed by atoms with E-state index in [1.165, 1.54) is 30.3 Å². The molecule has 0 aliphatic rings. The van der Waals surface area contributed by atoms with Gasteiger partial charge in [0.1, 0.15) is 11.3 Å². The molecule has 0 saturated heterocycles. The number of alkyl halides is 6. The fraction of sp³-hybridized carbons (Fsp3) is 0.0870. The van der Waals surface area contributed by atoms with Crippen LogP contribution in [0.15, 0.2) is 86.9 Å². The minimum Gasteiger partial charge on any atom is -0.421 e. The van der Waals surface area contributed by atoms with E-state index in [0.29, 0.717) is 17.7 Å². The summed E-state index contributed by atoms with van der Waals surface area (Å²) < 4.78 is 110. The molecule has 1 heterocycles. The third-order valence-corrected chi connectivity index (χ3v) is 6.36. The number of nitrogens with one attached hydrogen (secondary N) is 1. The summed E-state index contributed by atoms with van der Waals surface area (Å²) in [6.45, 7) is 0. The monoisotopic (exact) mass is 513 g/mol. The number of para-hydroxylation sites is 1. The van der Waals surface area contributed by atoms with Gasteiger partial charge in [0.05, 0.1) is 16.0 Å². The second-order valence-electron chi connectivity index (χ2n) is 7.38. The fourth-order valence-electron chi connectivity index (χ4n) is 3.33. The smallest absolute Gasteiger partial charge is 0.416 e. The molecule has 182 valence electrons. The standard InChI is InChI=1S/C23H13F6NO4S/c24-22(25,26)15-9-7-13(8-10-15)18-6-1-3-14-11-19(21(31)34-20(14)18)30-35(32,33)17-5-2-4-16(12-17)23(27,28)29/h1-12,30H. The molecule has 0 radical (unpaired) electrons. The maximum Gasteiger partial charge on any atom is 0.416 e. The Morgan fingerprint density at radius 3 is 2.00 bits per heavy atom. The van der Waals surface area contributed by atoms with Gasteiger partial charge in [0, 0.05) is 10.9 Å². The van der Waals surface area contributed by atoms with E-state index in [1.54, 1.807) is 0 Å². The van der Waals surface area contributed by atoms with Gasteiger partial charge in [-0.2, -0.15) is 26.3 Å². The van der Waals surface area contributed by atoms with Crippen LogP contribution in [0, 0.1) is 0 Å². The topological polar surface area (TPSA) is 76.4 Å². The molecule has 1 N–H and O–H groups in total. The number of hydrogen-bond acceptors (Lipinski definition) is 4. The van der Waals surface area contributed by atoms with E-state index in [2.05, 4.69) is 0 Å². The number of anilines is 1. The van der Waals surface area contributed by atoms with Gasteiger partial charge in [0.25, 0.3) is 10.0 Å². The third kappa shape index (κ3) is 5.02. The summed E-state index contributed by atoms with van der Waals surface area (Å²) >= 11 is 0. The third-order valence-electron chi connectivity index (χ3n) is 5.00. The molecular formula is C23H13F6NO4S. The minimum absolute atomic E-state index is 0.0146. The number of hydrogen-bond donors (Lipinski definition) is 1. The Morgan fingerprint density at radius 1 is 0.743 bits per heavy atom. The van der Waals surface area contributed by atoms with Crippen molar-refractivity contribution in [2.75, 3.05) is 4.72 Å². The minimum atomic E-state index is -4.78. The van der Waals surface area contributed by atoms with Crippen LogP contribution in [0.25, 0.3) is 22.1 Å². The Balaban J connectivity index is 1.73. The van der Waals surface area contributed by atoms with Crippen LogP contribution in [0.5, 0.6) is 0 Å². The molecular weight excluding hydrogens is 500 g/mol. The zero-order valence-corrected chi connectivity index (χ0v) is 18.1. The van der Waals surface area contributed by atoms with Gasteiger partial charge in [0.15, 0.2) is 0 Å². The van der Waals surface area contributed by atoms with Gasteiger partial charge in [-0.3, -0.25) is 4.72 Å². The zero-order chi connectivity index (χ0) is 25.6. The quantitative estimate of drug-likeness (QED) is 0.257. The van der Waals surface area contributed by atoms with Gasteiger partial charge in [-0.1, -0.05) is 36.4 Å². The number of fused-ring (bicyclic) bond motifs is 1. The summed E-state index contributed by atoms with van der Waals surface area (Å²) in [6, 6.07) is 12.7. The van der Waals surface area contributed by atoms with Crippen molar-refractivity contribution in [2.24, 2.45) is 0 Å². The van der Waals surface area contributed by atoms with Gasteiger partial charge in [-0.05, 0) is 42.0 Å². The lowest BCUT2D eigenvalue weighted by molar-refractivity contribution is -0.138. The summed E-state index contributed by atoms with van der Waals surface area (Å²) in [5.41, 5.74) is -3.18. The van der Waals surface area contributed by atoms with E-state index in [-0.39, 0.29) is 16.5 Å². The Hall–Kier alpha value is -3.80. The molecule has 3 aromatic carbocycles. The molecule has 0 aliphatic heterocycles. The molecule has 35 heavy (non-hydrogen) atoms. The van der Waals surface area contributed by atoms with Crippen LogP contribution in [-0.2, 0) is 22.4 Å². The Morgan fingerprint density at radius 2 is 1.37 bits per heavy atom. The maximum atomic E-state index is 12.9. The average Bonchev–Trinajstić information content (AvgIpc) is 2.78. The van der Waals surface area contributed by atoms with E-state index < -0.39 is 49.7 Å². The van der Waals surface area contributed by atoms with Crippen molar-refractivity contribution >= 4 is 26.7 Å². The lowest BCUT2D eigenvalue weighted by Gasteiger charge is -2.12. The SMILES string of the molecule is O=c1oc2c(-c3ccc(C(F)(F)F)cc3)cccc2cc1NS(=O)(=O)c1cccc(C(F)(F)F)c1. The first-order chi connectivity index (χ1) is 16.3.